The van der Waals surface area contributed by atoms with Gasteiger partial charge in [-0.25, -0.2) is 4.39 Å². The highest BCUT2D eigenvalue weighted by Gasteiger charge is 2.48. The highest BCUT2D eigenvalue weighted by molar-refractivity contribution is 6.34. The number of fused-ring (bicyclic) bond motifs is 3. The average molecular weight is 436 g/mol. The van der Waals surface area contributed by atoms with Gasteiger partial charge in [0.2, 0.25) is 0 Å². The van der Waals surface area contributed by atoms with Crippen molar-refractivity contribution >= 4 is 23.2 Å². The summed E-state index contributed by atoms with van der Waals surface area (Å²) in [5.74, 6) is -0.690. The number of nitrogens with zero attached hydrogens (tertiary/aromatic N) is 1. The SMILES string of the molecule is CNC(=O)c1ccccc1-c1c(Cl)c(F)cc2c1C[C@]1(c3ccccc3)CNCCN21. The Hall–Kier alpha value is -2.89. The Kier molecular flexibility index (Phi) is 4.95. The van der Waals surface area contributed by atoms with E-state index in [1.807, 2.05) is 30.3 Å². The summed E-state index contributed by atoms with van der Waals surface area (Å²) in [5.41, 5.74) is 4.44. The Morgan fingerprint density at radius 3 is 2.68 bits per heavy atom. The number of benzene rings is 3. The fourth-order valence-electron chi connectivity index (χ4n) is 5.09. The Morgan fingerprint density at radius 1 is 1.16 bits per heavy atom. The maximum Gasteiger partial charge on any atom is 0.251 e. The van der Waals surface area contributed by atoms with Crippen LogP contribution in [-0.2, 0) is 12.0 Å². The minimum atomic E-state index is -0.468. The Bertz CT molecular complexity index is 1170. The molecule has 0 saturated carbocycles. The van der Waals surface area contributed by atoms with Gasteiger partial charge < -0.3 is 15.5 Å². The van der Waals surface area contributed by atoms with Gasteiger partial charge in [-0.05, 0) is 28.8 Å². The summed E-state index contributed by atoms with van der Waals surface area (Å²) in [6, 6.07) is 19.1. The van der Waals surface area contributed by atoms with E-state index in [4.69, 9.17) is 11.6 Å². The van der Waals surface area contributed by atoms with Gasteiger partial charge in [0.05, 0.1) is 10.6 Å². The van der Waals surface area contributed by atoms with Crippen molar-refractivity contribution in [1.82, 2.24) is 10.6 Å². The van der Waals surface area contributed by atoms with Crippen LogP contribution in [0.4, 0.5) is 10.1 Å². The van der Waals surface area contributed by atoms with E-state index in [1.165, 1.54) is 5.56 Å². The van der Waals surface area contributed by atoms with Gasteiger partial charge in [-0.1, -0.05) is 60.1 Å². The van der Waals surface area contributed by atoms with Crippen LogP contribution in [0.1, 0.15) is 21.5 Å². The predicted molar refractivity (Wildman–Crippen MR) is 122 cm³/mol. The Labute approximate surface area is 186 Å². The van der Waals surface area contributed by atoms with Crippen molar-refractivity contribution in [3.63, 3.8) is 0 Å². The first-order valence-electron chi connectivity index (χ1n) is 10.4. The van der Waals surface area contributed by atoms with Crippen LogP contribution in [0.3, 0.4) is 0 Å². The largest absolute Gasteiger partial charge is 0.359 e. The summed E-state index contributed by atoms with van der Waals surface area (Å²) in [4.78, 5) is 14.9. The van der Waals surface area contributed by atoms with Gasteiger partial charge in [0.1, 0.15) is 5.82 Å². The summed E-state index contributed by atoms with van der Waals surface area (Å²) in [6.45, 7) is 2.34. The highest BCUT2D eigenvalue weighted by Crippen LogP contribution is 2.51. The number of carbonyl (C=O) groups is 1. The first kappa shape index (κ1) is 20.0. The van der Waals surface area contributed by atoms with Gasteiger partial charge in [0, 0.05) is 49.9 Å². The first-order chi connectivity index (χ1) is 15.1. The molecule has 2 aliphatic heterocycles. The fraction of sp³-hybridized carbons (Fsp3) is 0.240. The van der Waals surface area contributed by atoms with Crippen LogP contribution in [0, 0.1) is 5.82 Å². The molecule has 5 rings (SSSR count). The lowest BCUT2D eigenvalue weighted by Gasteiger charge is -2.45. The molecule has 0 aliphatic carbocycles. The van der Waals surface area contributed by atoms with Gasteiger partial charge in [0.25, 0.3) is 5.91 Å². The van der Waals surface area contributed by atoms with E-state index in [2.05, 4.69) is 27.7 Å². The number of hydrogen-bond donors (Lipinski definition) is 2. The van der Waals surface area contributed by atoms with E-state index in [9.17, 15) is 4.79 Å². The van der Waals surface area contributed by atoms with Crippen LogP contribution in [0.15, 0.2) is 60.7 Å². The first-order valence-corrected chi connectivity index (χ1v) is 10.8. The number of anilines is 1. The normalized spacial score (nSPS) is 19.6. The van der Waals surface area contributed by atoms with E-state index in [0.717, 1.165) is 30.9 Å². The molecule has 0 aromatic heterocycles. The van der Waals surface area contributed by atoms with Crippen molar-refractivity contribution in [3.05, 3.63) is 88.2 Å². The zero-order valence-electron chi connectivity index (χ0n) is 17.2. The maximum atomic E-state index is 15.1. The summed E-state index contributed by atoms with van der Waals surface area (Å²) in [6.07, 6.45) is 0.677. The molecule has 2 N–H and O–H groups in total. The molecular formula is C25H23ClFN3O. The zero-order chi connectivity index (χ0) is 21.6. The molecule has 158 valence electrons. The summed E-state index contributed by atoms with van der Waals surface area (Å²) >= 11 is 6.58. The second-order valence-electron chi connectivity index (χ2n) is 8.07. The number of amides is 1. The van der Waals surface area contributed by atoms with Crippen LogP contribution < -0.4 is 15.5 Å². The Morgan fingerprint density at radius 2 is 1.90 bits per heavy atom. The van der Waals surface area contributed by atoms with E-state index in [-0.39, 0.29) is 16.5 Å². The minimum Gasteiger partial charge on any atom is -0.359 e. The second-order valence-corrected chi connectivity index (χ2v) is 8.45. The molecule has 1 saturated heterocycles. The number of hydrogen-bond acceptors (Lipinski definition) is 3. The lowest BCUT2D eigenvalue weighted by molar-refractivity contribution is 0.0963. The van der Waals surface area contributed by atoms with Crippen molar-refractivity contribution in [2.75, 3.05) is 31.6 Å². The molecule has 0 bridgehead atoms. The number of carbonyl (C=O) groups excluding carboxylic acids is 1. The van der Waals surface area contributed by atoms with Crippen molar-refractivity contribution in [3.8, 4) is 11.1 Å². The molecule has 3 aromatic carbocycles. The molecule has 2 heterocycles. The zero-order valence-corrected chi connectivity index (χ0v) is 18.0. The van der Waals surface area contributed by atoms with Crippen LogP contribution in [0.2, 0.25) is 5.02 Å². The number of rotatable bonds is 3. The summed E-state index contributed by atoms with van der Waals surface area (Å²) in [7, 11) is 1.59. The van der Waals surface area contributed by atoms with Gasteiger partial charge in [-0.3, -0.25) is 4.79 Å². The molecule has 1 atom stereocenters. The predicted octanol–water partition coefficient (Wildman–Crippen LogP) is 4.37. The number of piperazine rings is 1. The Balaban J connectivity index is 1.77. The molecule has 0 spiro atoms. The maximum absolute atomic E-state index is 15.1. The molecule has 1 fully saturated rings. The molecule has 6 heteroatoms. The fourth-order valence-corrected chi connectivity index (χ4v) is 5.36. The van der Waals surface area contributed by atoms with Crippen LogP contribution >= 0.6 is 11.6 Å². The van der Waals surface area contributed by atoms with Crippen LogP contribution in [0.25, 0.3) is 11.1 Å². The third-order valence-electron chi connectivity index (χ3n) is 6.49. The molecule has 31 heavy (non-hydrogen) atoms. The van der Waals surface area contributed by atoms with Gasteiger partial charge >= 0.3 is 0 Å². The lowest BCUT2D eigenvalue weighted by Crippen LogP contribution is -2.57. The smallest absolute Gasteiger partial charge is 0.251 e. The van der Waals surface area contributed by atoms with Crippen molar-refractivity contribution < 1.29 is 9.18 Å². The van der Waals surface area contributed by atoms with E-state index >= 15 is 4.39 Å². The molecule has 4 nitrogen and oxygen atoms in total. The van der Waals surface area contributed by atoms with Gasteiger partial charge in [-0.15, -0.1) is 0 Å². The molecule has 3 aromatic rings. The summed E-state index contributed by atoms with van der Waals surface area (Å²) in [5, 5.41) is 6.27. The van der Waals surface area contributed by atoms with E-state index < -0.39 is 5.82 Å². The third-order valence-corrected chi connectivity index (χ3v) is 6.86. The molecule has 2 aliphatic rings. The van der Waals surface area contributed by atoms with E-state index in [1.54, 1.807) is 25.2 Å². The van der Waals surface area contributed by atoms with Gasteiger partial charge in [0.15, 0.2) is 0 Å². The molecule has 0 unspecified atom stereocenters. The molecular weight excluding hydrogens is 413 g/mol. The highest BCUT2D eigenvalue weighted by atomic mass is 35.5. The second kappa shape index (κ2) is 7.66. The lowest BCUT2D eigenvalue weighted by atomic mass is 9.83. The van der Waals surface area contributed by atoms with Crippen molar-refractivity contribution in [2.45, 2.75) is 12.0 Å². The summed E-state index contributed by atoms with van der Waals surface area (Å²) < 4.78 is 15.1. The standard InChI is InChI=1S/C25H23ClFN3O/c1-28-24(31)18-10-6-5-9-17(18)22-19-14-25(16-7-3-2-4-8-16)15-29-11-12-30(25)21(19)13-20(27)23(22)26/h2-10,13,29H,11-12,14-15H2,1H3,(H,28,31)/t25-/m1/s1. The average Bonchev–Trinajstić information content (AvgIpc) is 3.15. The number of halogens is 2. The third kappa shape index (κ3) is 3.03. The quantitative estimate of drug-likeness (QED) is 0.642. The molecule has 0 radical (unpaired) electrons. The van der Waals surface area contributed by atoms with E-state index in [0.29, 0.717) is 23.1 Å². The van der Waals surface area contributed by atoms with Gasteiger partial charge in [-0.2, -0.15) is 0 Å². The van der Waals surface area contributed by atoms with Crippen LogP contribution in [-0.4, -0.2) is 32.6 Å². The minimum absolute atomic E-state index is 0.0612. The molecule has 1 amide bonds. The van der Waals surface area contributed by atoms with Crippen molar-refractivity contribution in [1.29, 1.82) is 0 Å². The topological polar surface area (TPSA) is 44.4 Å². The van der Waals surface area contributed by atoms with Crippen molar-refractivity contribution in [2.24, 2.45) is 0 Å². The van der Waals surface area contributed by atoms with Crippen LogP contribution in [0.5, 0.6) is 0 Å². The monoisotopic (exact) mass is 435 g/mol. The number of nitrogens with one attached hydrogen (secondary N) is 2.